The average molecular weight is 1670 g/mol. The summed E-state index contributed by atoms with van der Waals surface area (Å²) in [5.74, 6) is -0.297. The number of carbonyl (C=O) groups is 3. The van der Waals surface area contributed by atoms with Gasteiger partial charge >= 0.3 is 17.1 Å². The molecular formula is C83H93Br3FN15O7. The summed E-state index contributed by atoms with van der Waals surface area (Å²) in [5, 5.41) is 19.6. The Kier molecular flexibility index (Phi) is 28.4. The van der Waals surface area contributed by atoms with E-state index in [0.717, 1.165) is 70.4 Å². The van der Waals surface area contributed by atoms with Gasteiger partial charge in [-0.15, -0.1) is 0 Å². The number of fused-ring (bicyclic) bond motifs is 3. The summed E-state index contributed by atoms with van der Waals surface area (Å²) in [6.07, 6.45) is 5.00. The Labute approximate surface area is 657 Å². The van der Waals surface area contributed by atoms with Crippen molar-refractivity contribution in [1.82, 2.24) is 58.1 Å². The normalized spacial score (nSPS) is 12.1. The van der Waals surface area contributed by atoms with Gasteiger partial charge in [0, 0.05) is 40.3 Å². The van der Waals surface area contributed by atoms with Crippen LogP contribution in [0.15, 0.2) is 198 Å². The third-order valence-electron chi connectivity index (χ3n) is 19.2. The molecule has 8 N–H and O–H groups in total. The van der Waals surface area contributed by atoms with Crippen LogP contribution in [0, 0.1) is 33.5 Å². The van der Waals surface area contributed by atoms with E-state index in [-0.39, 0.29) is 40.8 Å². The Morgan fingerprint density at radius 1 is 0.495 bits per heavy atom. The van der Waals surface area contributed by atoms with Crippen molar-refractivity contribution >= 4 is 82.1 Å². The van der Waals surface area contributed by atoms with Gasteiger partial charge in [0.05, 0.1) is 91.9 Å². The SMILES string of the molecule is CCC(NC(=O)c1ccc(F)cc1CCCN)c1cc2c(Br)c(C)nn2c(=O)n1Cc1ccccc1.CCC(NC(=O)c1ccc(OC)cc1CCCN)c1cc2c(Br)c(C)nn2c(=O)n1Cc1ccccc1.CCC(c1cc2c(Br)c(C)nn2c(=O)n1Cc1ccccc1)N(CCCN)C(=O)c1cccc(C)c1. The van der Waals surface area contributed by atoms with Gasteiger partial charge in [0.1, 0.15) is 11.6 Å². The van der Waals surface area contributed by atoms with Crippen LogP contribution >= 0.6 is 47.8 Å². The zero-order valence-electron chi connectivity index (χ0n) is 62.6. The maximum Gasteiger partial charge on any atom is 0.349 e. The second-order valence-corrected chi connectivity index (χ2v) is 29.2. The summed E-state index contributed by atoms with van der Waals surface area (Å²) in [6.45, 7) is 16.5. The molecule has 0 fully saturated rings. The maximum atomic E-state index is 13.9. The van der Waals surface area contributed by atoms with Crippen LogP contribution < -0.4 is 49.6 Å². The third kappa shape index (κ3) is 19.0. The number of carbonyl (C=O) groups excluding carboxylic acids is 3. The molecule has 0 saturated heterocycles. The smallest absolute Gasteiger partial charge is 0.349 e. The molecule has 26 heteroatoms. The van der Waals surface area contributed by atoms with Crippen LogP contribution in [-0.4, -0.2) is 98.5 Å². The second kappa shape index (κ2) is 37.9. The summed E-state index contributed by atoms with van der Waals surface area (Å²) < 4.78 is 30.9. The first kappa shape index (κ1) is 81.6. The van der Waals surface area contributed by atoms with Crippen LogP contribution in [0.25, 0.3) is 16.6 Å². The Morgan fingerprint density at radius 2 is 0.899 bits per heavy atom. The molecule has 3 atom stereocenters. The van der Waals surface area contributed by atoms with E-state index in [1.165, 1.54) is 31.7 Å². The molecule has 3 amide bonds. The topological polar surface area (TPSA) is 284 Å². The van der Waals surface area contributed by atoms with E-state index < -0.39 is 17.9 Å². The highest BCUT2D eigenvalue weighted by molar-refractivity contribution is 9.11. The zero-order valence-corrected chi connectivity index (χ0v) is 67.3. The van der Waals surface area contributed by atoms with Gasteiger partial charge in [-0.3, -0.25) is 28.1 Å². The number of hydrogen-bond acceptors (Lipinski definition) is 13. The molecule has 0 aliphatic rings. The van der Waals surface area contributed by atoms with Gasteiger partial charge in [-0.05, 0) is 241 Å². The lowest BCUT2D eigenvalue weighted by molar-refractivity contribution is 0.0659. The molecule has 0 spiro atoms. The molecule has 12 rings (SSSR count). The molecule has 0 aliphatic heterocycles. The minimum atomic E-state index is -0.464. The molecule has 6 aromatic carbocycles. The predicted octanol–water partition coefficient (Wildman–Crippen LogP) is 13.8. The van der Waals surface area contributed by atoms with Crippen molar-refractivity contribution in [3.05, 3.63) is 305 Å². The molecule has 22 nitrogen and oxygen atoms in total. The number of nitrogens with zero attached hydrogens (tertiary/aromatic N) is 10. The molecular weight excluding hydrogens is 1580 g/mol. The minimum Gasteiger partial charge on any atom is -0.497 e. The number of hydrogen-bond donors (Lipinski definition) is 5. The van der Waals surface area contributed by atoms with Gasteiger partial charge in [0.25, 0.3) is 17.7 Å². The lowest BCUT2D eigenvalue weighted by Crippen LogP contribution is -2.40. The van der Waals surface area contributed by atoms with E-state index in [4.69, 9.17) is 21.9 Å². The monoisotopic (exact) mass is 1670 g/mol. The molecule has 0 saturated carbocycles. The van der Waals surface area contributed by atoms with E-state index in [0.29, 0.717) is 147 Å². The summed E-state index contributed by atoms with van der Waals surface area (Å²) in [4.78, 5) is 83.7. The fourth-order valence-electron chi connectivity index (χ4n) is 13.5. The van der Waals surface area contributed by atoms with Gasteiger partial charge < -0.3 is 37.5 Å². The van der Waals surface area contributed by atoms with E-state index >= 15 is 0 Å². The summed E-state index contributed by atoms with van der Waals surface area (Å²) >= 11 is 10.7. The van der Waals surface area contributed by atoms with Gasteiger partial charge in [-0.25, -0.2) is 18.8 Å². The fraction of sp³-hybridized carbons (Fsp3) is 0.313. The number of benzene rings is 6. The summed E-state index contributed by atoms with van der Waals surface area (Å²) in [5.41, 5.74) is 29.8. The van der Waals surface area contributed by atoms with Crippen molar-refractivity contribution in [1.29, 1.82) is 0 Å². The van der Waals surface area contributed by atoms with E-state index in [1.807, 2.05) is 193 Å². The minimum absolute atomic E-state index is 0.0682. The van der Waals surface area contributed by atoms with Crippen LogP contribution in [0.5, 0.6) is 5.75 Å². The number of ether oxygens (including phenoxy) is 1. The van der Waals surface area contributed by atoms with Crippen molar-refractivity contribution in [2.24, 2.45) is 17.2 Å². The number of aromatic nitrogens is 9. The highest BCUT2D eigenvalue weighted by Gasteiger charge is 2.31. The standard InChI is InChI=1S/C28H32BrN5O3.C28H32BrN5O2.C27H29BrFN5O2/c1-4-23(31-27(35)22-13-12-21(37-3)15-20(22)11-8-14-30)24-16-25-26(29)18(2)32-34(25)28(36)33(24)17-19-9-6-5-7-10-19;1-4-23(32(15-9-14-30)27(35)22-13-8-10-19(2)16-22)24-17-25-26(29)20(3)31-34(25)28(36)33(24)18-21-11-6-5-7-12-21;1-3-22(31-26(35)21-12-11-20(29)14-19(21)10-7-13-30)23-15-24-25(28)17(2)32-34(24)27(36)33(23)16-18-8-5-4-6-9-18/h5-7,9-10,12-13,15-16,23H,4,8,11,14,17,30H2,1-3H3,(H,31,35);5-8,10-13,16-17,23H,4,9,14-15,18,30H2,1-3H3;4-6,8-9,11-12,14-15,22H,3,7,10,13,16,30H2,1-2H3,(H,31,35). The first-order chi connectivity index (χ1) is 52.6. The van der Waals surface area contributed by atoms with E-state index in [2.05, 4.69) is 73.7 Å². The molecule has 12 aromatic rings. The molecule has 0 bridgehead atoms. The maximum absolute atomic E-state index is 13.9. The Morgan fingerprint density at radius 3 is 1.29 bits per heavy atom. The van der Waals surface area contributed by atoms with Crippen LogP contribution in [0.3, 0.4) is 0 Å². The summed E-state index contributed by atoms with van der Waals surface area (Å²) in [6, 6.07) is 51.2. The number of methoxy groups -OCH3 is 1. The highest BCUT2D eigenvalue weighted by atomic mass is 79.9. The number of nitrogens with one attached hydrogen (secondary N) is 2. The molecule has 3 unspecified atom stereocenters. The van der Waals surface area contributed by atoms with Gasteiger partial charge in [0.15, 0.2) is 0 Å². The fourth-order valence-corrected chi connectivity index (χ4v) is 14.6. The number of aryl methyl sites for hydroxylation is 6. The van der Waals surface area contributed by atoms with Crippen LogP contribution in [0.2, 0.25) is 0 Å². The first-order valence-corrected chi connectivity index (χ1v) is 39.0. The van der Waals surface area contributed by atoms with Crippen molar-refractivity contribution in [2.75, 3.05) is 33.3 Å². The van der Waals surface area contributed by atoms with Crippen molar-refractivity contribution in [3.8, 4) is 5.75 Å². The second-order valence-electron chi connectivity index (χ2n) is 26.8. The van der Waals surface area contributed by atoms with Gasteiger partial charge in [-0.2, -0.15) is 28.8 Å². The zero-order chi connectivity index (χ0) is 78.2. The molecule has 570 valence electrons. The number of amides is 3. The highest BCUT2D eigenvalue weighted by Crippen LogP contribution is 2.33. The number of nitrogens with two attached hydrogens (primary N) is 3. The van der Waals surface area contributed by atoms with Crippen LogP contribution in [0.1, 0.15) is 176 Å². The van der Waals surface area contributed by atoms with Gasteiger partial charge in [0.2, 0.25) is 0 Å². The number of halogens is 4. The average Bonchev–Trinajstić information content (AvgIpc) is 1.68. The van der Waals surface area contributed by atoms with Crippen molar-refractivity contribution in [2.45, 2.75) is 138 Å². The van der Waals surface area contributed by atoms with Crippen molar-refractivity contribution in [3.63, 3.8) is 0 Å². The van der Waals surface area contributed by atoms with Gasteiger partial charge in [-0.1, -0.05) is 129 Å². The molecule has 109 heavy (non-hydrogen) atoms. The molecule has 6 heterocycles. The molecule has 0 aliphatic carbocycles. The number of rotatable bonds is 28. The predicted molar refractivity (Wildman–Crippen MR) is 436 cm³/mol. The first-order valence-electron chi connectivity index (χ1n) is 36.6. The van der Waals surface area contributed by atoms with E-state index in [9.17, 15) is 33.2 Å². The van der Waals surface area contributed by atoms with Crippen molar-refractivity contribution < 1.29 is 23.5 Å². The lowest BCUT2D eigenvalue weighted by Gasteiger charge is -2.33. The Bertz CT molecular complexity index is 5390. The van der Waals surface area contributed by atoms with Crippen LogP contribution in [0.4, 0.5) is 4.39 Å². The van der Waals surface area contributed by atoms with E-state index in [1.54, 1.807) is 32.9 Å². The quantitative estimate of drug-likeness (QED) is 0.0305. The third-order valence-corrected chi connectivity index (χ3v) is 22.1. The van der Waals surface area contributed by atoms with Crippen LogP contribution in [-0.2, 0) is 32.5 Å². The Hall–Kier alpha value is -9.96. The lowest BCUT2D eigenvalue weighted by atomic mass is 10.0. The molecule has 6 aromatic heterocycles. The molecule has 0 radical (unpaired) electrons. The summed E-state index contributed by atoms with van der Waals surface area (Å²) in [7, 11) is 1.60. The largest absolute Gasteiger partial charge is 0.497 e. The Balaban J connectivity index is 0.000000174.